The van der Waals surface area contributed by atoms with E-state index in [0.29, 0.717) is 17.7 Å². The number of hydrogen-bond donors (Lipinski definition) is 1. The molecule has 0 aromatic rings. The van der Waals surface area contributed by atoms with Crippen molar-refractivity contribution in [3.05, 3.63) is 0 Å². The quantitative estimate of drug-likeness (QED) is 0.839. The zero-order valence-electron chi connectivity index (χ0n) is 13.6. The molecule has 1 aliphatic heterocycles. The predicted octanol–water partition coefficient (Wildman–Crippen LogP) is 3.05. The highest BCUT2D eigenvalue weighted by Crippen LogP contribution is 2.44. The molecule has 1 heterocycles. The Labute approximate surface area is 124 Å². The highest BCUT2D eigenvalue weighted by Gasteiger charge is 2.43. The summed E-state index contributed by atoms with van der Waals surface area (Å²) in [7, 11) is 2.03. The van der Waals surface area contributed by atoms with Crippen molar-refractivity contribution >= 4 is 5.91 Å². The van der Waals surface area contributed by atoms with E-state index >= 15 is 0 Å². The summed E-state index contributed by atoms with van der Waals surface area (Å²) in [6.07, 6.45) is 8.27. The van der Waals surface area contributed by atoms with Gasteiger partial charge < -0.3 is 10.2 Å². The van der Waals surface area contributed by atoms with Crippen molar-refractivity contribution in [1.82, 2.24) is 10.2 Å². The van der Waals surface area contributed by atoms with Crippen LogP contribution in [0.2, 0.25) is 0 Å². The van der Waals surface area contributed by atoms with Crippen molar-refractivity contribution in [3.8, 4) is 0 Å². The van der Waals surface area contributed by atoms with Gasteiger partial charge in [0.1, 0.15) is 0 Å². The second-order valence-corrected chi connectivity index (χ2v) is 7.48. The summed E-state index contributed by atoms with van der Waals surface area (Å²) in [4.78, 5) is 15.0. The number of carbonyl (C=O) groups is 1. The van der Waals surface area contributed by atoms with Crippen LogP contribution in [0.15, 0.2) is 0 Å². The Kier molecular flexibility index (Phi) is 5.48. The van der Waals surface area contributed by atoms with Crippen LogP contribution in [0.3, 0.4) is 0 Å². The van der Waals surface area contributed by atoms with E-state index in [2.05, 4.69) is 19.2 Å². The van der Waals surface area contributed by atoms with Crippen LogP contribution in [0.5, 0.6) is 0 Å². The number of nitrogens with zero attached hydrogens (tertiary/aromatic N) is 1. The summed E-state index contributed by atoms with van der Waals surface area (Å²) < 4.78 is 0. The van der Waals surface area contributed by atoms with Gasteiger partial charge in [-0.25, -0.2) is 0 Å². The Hall–Kier alpha value is -0.570. The van der Waals surface area contributed by atoms with Crippen LogP contribution >= 0.6 is 0 Å². The average Bonchev–Trinajstić information content (AvgIpc) is 2.87. The normalized spacial score (nSPS) is 25.9. The molecule has 0 radical (unpaired) electrons. The summed E-state index contributed by atoms with van der Waals surface area (Å²) in [5, 5.41) is 3.45. The molecule has 2 rings (SSSR count). The lowest BCUT2D eigenvalue weighted by Gasteiger charge is -2.36. The molecular weight excluding hydrogens is 248 g/mol. The Balaban J connectivity index is 1.95. The van der Waals surface area contributed by atoms with E-state index < -0.39 is 0 Å². The third kappa shape index (κ3) is 3.75. The molecule has 2 fully saturated rings. The SMILES string of the molecule is CC(C)CC1(C(=O)N(C)CC2CCCNC2)CCCC1. The second kappa shape index (κ2) is 6.93. The molecule has 0 bridgehead atoms. The number of hydrogen-bond acceptors (Lipinski definition) is 2. The van der Waals surface area contributed by atoms with Crippen LogP contribution in [0.1, 0.15) is 58.8 Å². The van der Waals surface area contributed by atoms with Gasteiger partial charge in [-0.3, -0.25) is 4.79 Å². The zero-order valence-corrected chi connectivity index (χ0v) is 13.6. The van der Waals surface area contributed by atoms with Crippen molar-refractivity contribution < 1.29 is 4.79 Å². The Morgan fingerprint density at radius 2 is 2.00 bits per heavy atom. The smallest absolute Gasteiger partial charge is 0.228 e. The largest absolute Gasteiger partial charge is 0.345 e. The maximum atomic E-state index is 13.0. The molecule has 1 amide bonds. The molecule has 116 valence electrons. The number of rotatable bonds is 5. The fourth-order valence-electron chi connectivity index (χ4n) is 4.29. The Bertz CT molecular complexity index is 315. The summed E-state index contributed by atoms with van der Waals surface area (Å²) >= 11 is 0. The van der Waals surface area contributed by atoms with E-state index in [4.69, 9.17) is 0 Å². The van der Waals surface area contributed by atoms with Gasteiger partial charge in [0.25, 0.3) is 0 Å². The predicted molar refractivity (Wildman–Crippen MR) is 83.6 cm³/mol. The fraction of sp³-hybridized carbons (Fsp3) is 0.941. The molecule has 0 aromatic carbocycles. The van der Waals surface area contributed by atoms with E-state index in [9.17, 15) is 4.79 Å². The van der Waals surface area contributed by atoms with Crippen LogP contribution < -0.4 is 5.32 Å². The van der Waals surface area contributed by atoms with Crippen LogP contribution in [0.4, 0.5) is 0 Å². The first-order chi connectivity index (χ1) is 9.53. The van der Waals surface area contributed by atoms with Gasteiger partial charge in [0, 0.05) is 19.0 Å². The minimum atomic E-state index is -0.0367. The van der Waals surface area contributed by atoms with Gasteiger partial charge in [-0.05, 0) is 57.0 Å². The van der Waals surface area contributed by atoms with Crippen molar-refractivity contribution in [3.63, 3.8) is 0 Å². The number of amides is 1. The molecule has 1 unspecified atom stereocenters. The minimum absolute atomic E-state index is 0.0367. The summed E-state index contributed by atoms with van der Waals surface area (Å²) in [6.45, 7) is 7.66. The fourth-order valence-corrected chi connectivity index (χ4v) is 4.29. The number of nitrogens with one attached hydrogen (secondary N) is 1. The van der Waals surface area contributed by atoms with Crippen LogP contribution in [0.25, 0.3) is 0 Å². The van der Waals surface area contributed by atoms with Crippen molar-refractivity contribution in [2.45, 2.75) is 58.8 Å². The van der Waals surface area contributed by atoms with Crippen LogP contribution in [-0.2, 0) is 4.79 Å². The summed E-state index contributed by atoms with van der Waals surface area (Å²) in [5.74, 6) is 1.69. The molecule has 0 spiro atoms. The first-order valence-electron chi connectivity index (χ1n) is 8.50. The minimum Gasteiger partial charge on any atom is -0.345 e. The lowest BCUT2D eigenvalue weighted by Crippen LogP contribution is -2.45. The zero-order chi connectivity index (χ0) is 14.6. The van der Waals surface area contributed by atoms with Gasteiger partial charge in [-0.2, -0.15) is 0 Å². The van der Waals surface area contributed by atoms with Gasteiger partial charge in [0.15, 0.2) is 0 Å². The molecule has 1 saturated heterocycles. The molecule has 2 aliphatic rings. The maximum Gasteiger partial charge on any atom is 0.228 e. The first-order valence-corrected chi connectivity index (χ1v) is 8.50. The molecular formula is C17H32N2O. The lowest BCUT2D eigenvalue weighted by atomic mass is 9.77. The molecule has 1 N–H and O–H groups in total. The van der Waals surface area contributed by atoms with E-state index in [0.717, 1.165) is 38.9 Å². The molecule has 3 nitrogen and oxygen atoms in total. The van der Waals surface area contributed by atoms with Gasteiger partial charge in [0.05, 0.1) is 0 Å². The highest BCUT2D eigenvalue weighted by atomic mass is 16.2. The monoisotopic (exact) mass is 280 g/mol. The van der Waals surface area contributed by atoms with E-state index in [-0.39, 0.29) is 5.41 Å². The molecule has 1 saturated carbocycles. The van der Waals surface area contributed by atoms with Gasteiger partial charge in [-0.15, -0.1) is 0 Å². The van der Waals surface area contributed by atoms with E-state index in [1.54, 1.807) is 0 Å². The average molecular weight is 280 g/mol. The maximum absolute atomic E-state index is 13.0. The lowest BCUT2D eigenvalue weighted by molar-refractivity contribution is -0.142. The van der Waals surface area contributed by atoms with E-state index in [1.807, 2.05) is 11.9 Å². The number of piperidine rings is 1. The van der Waals surface area contributed by atoms with Crippen LogP contribution in [-0.4, -0.2) is 37.5 Å². The van der Waals surface area contributed by atoms with E-state index in [1.165, 1.54) is 25.7 Å². The first kappa shape index (κ1) is 15.8. The topological polar surface area (TPSA) is 32.3 Å². The van der Waals surface area contributed by atoms with Gasteiger partial charge >= 0.3 is 0 Å². The number of carbonyl (C=O) groups excluding carboxylic acids is 1. The van der Waals surface area contributed by atoms with Gasteiger partial charge in [0.2, 0.25) is 5.91 Å². The molecule has 3 heteroatoms. The van der Waals surface area contributed by atoms with Crippen molar-refractivity contribution in [2.75, 3.05) is 26.7 Å². The van der Waals surface area contributed by atoms with Gasteiger partial charge in [-0.1, -0.05) is 26.7 Å². The standard InChI is InChI=1S/C17H32N2O/c1-14(2)11-17(8-4-5-9-17)16(20)19(3)13-15-7-6-10-18-12-15/h14-15,18H,4-13H2,1-3H3. The second-order valence-electron chi connectivity index (χ2n) is 7.48. The summed E-state index contributed by atoms with van der Waals surface area (Å²) in [6, 6.07) is 0. The van der Waals surface area contributed by atoms with Crippen molar-refractivity contribution in [2.24, 2.45) is 17.3 Å². The Morgan fingerprint density at radius 1 is 1.30 bits per heavy atom. The summed E-state index contributed by atoms with van der Waals surface area (Å²) in [5.41, 5.74) is -0.0367. The molecule has 0 aromatic heterocycles. The molecule has 1 aliphatic carbocycles. The third-order valence-corrected chi connectivity index (χ3v) is 5.09. The van der Waals surface area contributed by atoms with Crippen LogP contribution in [0, 0.1) is 17.3 Å². The molecule has 20 heavy (non-hydrogen) atoms. The van der Waals surface area contributed by atoms with Crippen molar-refractivity contribution in [1.29, 1.82) is 0 Å². The molecule has 1 atom stereocenters. The third-order valence-electron chi connectivity index (χ3n) is 5.09. The highest BCUT2D eigenvalue weighted by molar-refractivity contribution is 5.82. The Morgan fingerprint density at radius 3 is 2.55 bits per heavy atom.